The third kappa shape index (κ3) is 6.77. The molecule has 0 bridgehead atoms. The van der Waals surface area contributed by atoms with Crippen LogP contribution >= 0.6 is 7.82 Å². The van der Waals surface area contributed by atoms with Crippen molar-refractivity contribution < 1.29 is 22.9 Å². The molecule has 6 heteroatoms. The summed E-state index contributed by atoms with van der Waals surface area (Å²) in [7, 11) is -3.86. The summed E-state index contributed by atoms with van der Waals surface area (Å²) in [6.45, 7) is 5.81. The molecule has 29 heavy (non-hydrogen) atoms. The van der Waals surface area contributed by atoms with Gasteiger partial charge in [-0.1, -0.05) is 67.2 Å². The fraction of sp³-hybridized carbons (Fsp3) is 0.174. The Morgan fingerprint density at radius 2 is 1.45 bits per heavy atom. The van der Waals surface area contributed by atoms with E-state index in [0.717, 1.165) is 22.3 Å². The first-order valence-electron chi connectivity index (χ1n) is 9.21. The first kappa shape index (κ1) is 21.2. The number of allylic oxidation sites excluding steroid dienone is 3. The Bertz CT molecular complexity index is 871. The largest absolute Gasteiger partial charge is 0.478 e. The minimum Gasteiger partial charge on any atom is -0.406 e. The Kier molecular flexibility index (Phi) is 7.50. The molecule has 0 fully saturated rings. The zero-order chi connectivity index (χ0) is 20.5. The Morgan fingerprint density at radius 1 is 0.897 bits per heavy atom. The molecule has 0 heterocycles. The number of phosphoric ester groups is 1. The number of rotatable bonds is 10. The van der Waals surface area contributed by atoms with Gasteiger partial charge in [-0.2, -0.15) is 0 Å². The van der Waals surface area contributed by atoms with E-state index in [4.69, 9.17) is 18.3 Å². The molecule has 0 aromatic heterocycles. The molecule has 3 rings (SSSR count). The molecule has 0 saturated carbocycles. The van der Waals surface area contributed by atoms with Crippen LogP contribution in [0.1, 0.15) is 18.1 Å². The van der Waals surface area contributed by atoms with Crippen molar-refractivity contribution in [3.05, 3.63) is 114 Å². The van der Waals surface area contributed by atoms with Gasteiger partial charge in [0.2, 0.25) is 12.6 Å². The highest BCUT2D eigenvalue weighted by atomic mass is 31.2. The lowest BCUT2D eigenvalue weighted by Crippen LogP contribution is -2.06. The topological polar surface area (TPSA) is 54.0 Å². The smallest absolute Gasteiger partial charge is 0.406 e. The minimum absolute atomic E-state index is 0.0953. The summed E-state index contributed by atoms with van der Waals surface area (Å²) in [5.41, 5.74) is 3.52. The summed E-state index contributed by atoms with van der Waals surface area (Å²) in [6, 6.07) is 18.8. The third-order valence-electron chi connectivity index (χ3n) is 4.11. The number of phosphoric acid groups is 1. The van der Waals surface area contributed by atoms with Crippen LogP contribution in [0.2, 0.25) is 0 Å². The fourth-order valence-electron chi connectivity index (χ4n) is 2.57. The SMILES string of the molecule is C=C1C=C(C)[CH+]C=C1OCOP(=O)(OCc1ccccc1)OCc1ccccc1. The Hall–Kier alpha value is -2.56. The van der Waals surface area contributed by atoms with E-state index in [0.29, 0.717) is 5.76 Å². The van der Waals surface area contributed by atoms with E-state index in [-0.39, 0.29) is 20.0 Å². The highest BCUT2D eigenvalue weighted by Crippen LogP contribution is 2.51. The zero-order valence-corrected chi connectivity index (χ0v) is 17.2. The molecule has 1 aliphatic carbocycles. The van der Waals surface area contributed by atoms with Crippen LogP contribution < -0.4 is 0 Å². The van der Waals surface area contributed by atoms with E-state index in [1.165, 1.54) is 0 Å². The van der Waals surface area contributed by atoms with E-state index in [2.05, 4.69) is 6.58 Å². The molecule has 1 aliphatic rings. The van der Waals surface area contributed by atoms with Gasteiger partial charge in [0.15, 0.2) is 0 Å². The van der Waals surface area contributed by atoms with Crippen molar-refractivity contribution in [2.75, 3.05) is 6.79 Å². The maximum atomic E-state index is 13.1. The third-order valence-corrected chi connectivity index (χ3v) is 5.42. The summed E-state index contributed by atoms with van der Waals surface area (Å²) in [5.74, 6) is 0.549. The molecule has 2 aromatic carbocycles. The average molecular weight is 411 g/mol. The minimum atomic E-state index is -3.86. The molecule has 0 aliphatic heterocycles. The predicted molar refractivity (Wildman–Crippen MR) is 112 cm³/mol. The molecule has 0 N–H and O–H groups in total. The Labute approximate surface area is 171 Å². The number of ether oxygens (including phenoxy) is 1. The second kappa shape index (κ2) is 10.3. The van der Waals surface area contributed by atoms with Gasteiger partial charge in [-0.15, -0.1) is 0 Å². The lowest BCUT2D eigenvalue weighted by atomic mass is 10.0. The van der Waals surface area contributed by atoms with Crippen LogP contribution in [-0.2, 0) is 36.1 Å². The molecule has 150 valence electrons. The van der Waals surface area contributed by atoms with Crippen molar-refractivity contribution in [3.8, 4) is 0 Å². The van der Waals surface area contributed by atoms with Gasteiger partial charge < -0.3 is 4.74 Å². The van der Waals surface area contributed by atoms with E-state index in [1.54, 1.807) is 6.08 Å². The van der Waals surface area contributed by atoms with Gasteiger partial charge in [0, 0.05) is 6.42 Å². The number of hydrogen-bond acceptors (Lipinski definition) is 5. The molecule has 0 spiro atoms. The van der Waals surface area contributed by atoms with Gasteiger partial charge in [0.1, 0.15) is 5.57 Å². The van der Waals surface area contributed by atoms with E-state index < -0.39 is 7.82 Å². The maximum absolute atomic E-state index is 13.1. The van der Waals surface area contributed by atoms with Gasteiger partial charge in [-0.3, -0.25) is 9.05 Å². The first-order valence-corrected chi connectivity index (χ1v) is 10.7. The van der Waals surface area contributed by atoms with Crippen LogP contribution in [0.25, 0.3) is 0 Å². The highest BCUT2D eigenvalue weighted by molar-refractivity contribution is 7.48. The first-order chi connectivity index (χ1) is 14.0. The van der Waals surface area contributed by atoms with Crippen molar-refractivity contribution in [1.29, 1.82) is 0 Å². The van der Waals surface area contributed by atoms with Gasteiger partial charge >= 0.3 is 7.82 Å². The van der Waals surface area contributed by atoms with Crippen molar-refractivity contribution >= 4 is 7.82 Å². The second-order valence-electron chi connectivity index (χ2n) is 6.47. The van der Waals surface area contributed by atoms with Crippen LogP contribution in [0.5, 0.6) is 0 Å². The van der Waals surface area contributed by atoms with Gasteiger partial charge in [-0.05, 0) is 18.1 Å². The summed E-state index contributed by atoms with van der Waals surface area (Å²) in [4.78, 5) is 0. The molecule has 0 atom stereocenters. The number of benzene rings is 2. The van der Waals surface area contributed by atoms with Crippen LogP contribution in [-0.4, -0.2) is 6.79 Å². The summed E-state index contributed by atoms with van der Waals surface area (Å²) >= 11 is 0. The van der Waals surface area contributed by atoms with E-state index in [9.17, 15) is 4.57 Å². The molecule has 0 unspecified atom stereocenters. The Morgan fingerprint density at radius 3 is 1.97 bits per heavy atom. The fourth-order valence-corrected chi connectivity index (χ4v) is 3.59. The second-order valence-corrected chi connectivity index (χ2v) is 8.14. The van der Waals surface area contributed by atoms with Gasteiger partial charge in [0.25, 0.3) is 0 Å². The van der Waals surface area contributed by atoms with E-state index in [1.807, 2.05) is 80.1 Å². The van der Waals surface area contributed by atoms with Crippen molar-refractivity contribution in [2.45, 2.75) is 20.1 Å². The van der Waals surface area contributed by atoms with E-state index >= 15 is 0 Å². The standard InChI is InChI=1S/C23H24O5P/c1-19-13-14-23(20(2)15-19)25-18-28-29(24,26-16-21-9-5-3-6-10-21)27-17-22-11-7-4-8-12-22/h3-15H,2,16-18H2,1H3/q+1. The molecular formula is C23H24O5P+. The lowest BCUT2D eigenvalue weighted by molar-refractivity contribution is 0.0153. The maximum Gasteiger partial charge on any atom is 0.478 e. The summed E-state index contributed by atoms with van der Waals surface area (Å²) < 4.78 is 35.2. The van der Waals surface area contributed by atoms with Crippen molar-refractivity contribution in [2.24, 2.45) is 0 Å². The van der Waals surface area contributed by atoms with Gasteiger partial charge in [-0.25, -0.2) is 9.09 Å². The Balaban J connectivity index is 1.60. The molecule has 2 aromatic rings. The molecule has 0 saturated heterocycles. The van der Waals surface area contributed by atoms with Crippen molar-refractivity contribution in [1.82, 2.24) is 0 Å². The molecule has 0 radical (unpaired) electrons. The van der Waals surface area contributed by atoms with Crippen molar-refractivity contribution in [3.63, 3.8) is 0 Å². The molecular weight excluding hydrogens is 387 g/mol. The monoisotopic (exact) mass is 411 g/mol. The zero-order valence-electron chi connectivity index (χ0n) is 16.3. The highest BCUT2D eigenvalue weighted by Gasteiger charge is 2.28. The quantitative estimate of drug-likeness (QED) is 0.268. The van der Waals surface area contributed by atoms with Crippen LogP contribution in [0.4, 0.5) is 0 Å². The summed E-state index contributed by atoms with van der Waals surface area (Å²) in [5, 5.41) is 0. The molecule has 5 nitrogen and oxygen atoms in total. The summed E-state index contributed by atoms with van der Waals surface area (Å²) in [6.07, 6.45) is 5.59. The van der Waals surface area contributed by atoms with Crippen LogP contribution in [0.3, 0.4) is 0 Å². The molecule has 0 amide bonds. The average Bonchev–Trinajstić information content (AvgIpc) is 2.74. The van der Waals surface area contributed by atoms with Crippen LogP contribution in [0, 0.1) is 6.42 Å². The normalized spacial score (nSPS) is 14.0. The van der Waals surface area contributed by atoms with Gasteiger partial charge in [0.05, 0.1) is 30.9 Å². The van der Waals surface area contributed by atoms with Crippen LogP contribution in [0.15, 0.2) is 96.3 Å². The number of hydrogen-bond donors (Lipinski definition) is 0. The predicted octanol–water partition coefficient (Wildman–Crippen LogP) is 6.12. The lowest BCUT2D eigenvalue weighted by Gasteiger charge is -2.18.